The van der Waals surface area contributed by atoms with Crippen LogP contribution in [0.2, 0.25) is 0 Å². The van der Waals surface area contributed by atoms with Gasteiger partial charge in [0.1, 0.15) is 11.6 Å². The van der Waals surface area contributed by atoms with Gasteiger partial charge in [0, 0.05) is 23.7 Å². The normalized spacial score (nSPS) is 25.7. The maximum absolute atomic E-state index is 13.9. The zero-order valence-corrected chi connectivity index (χ0v) is 11.3. The highest BCUT2D eigenvalue weighted by Crippen LogP contribution is 2.36. The Balaban J connectivity index is 2.32. The molecular formula is C15H21F2N. The molecule has 1 saturated heterocycles. The quantitative estimate of drug-likeness (QED) is 0.765. The molecule has 100 valence electrons. The first kappa shape index (κ1) is 13.5. The molecule has 2 unspecified atom stereocenters. The van der Waals surface area contributed by atoms with E-state index < -0.39 is 11.6 Å². The number of hydrogen-bond acceptors (Lipinski definition) is 1. The Bertz CT molecular complexity index is 417. The summed E-state index contributed by atoms with van der Waals surface area (Å²) in [5.74, 6) is -0.328. The van der Waals surface area contributed by atoms with Crippen molar-refractivity contribution in [3.8, 4) is 0 Å². The van der Waals surface area contributed by atoms with Crippen molar-refractivity contribution in [2.24, 2.45) is 5.92 Å². The van der Waals surface area contributed by atoms with Gasteiger partial charge in [-0.25, -0.2) is 8.78 Å². The van der Waals surface area contributed by atoms with E-state index in [0.717, 1.165) is 25.5 Å². The van der Waals surface area contributed by atoms with E-state index in [1.54, 1.807) is 6.07 Å². The van der Waals surface area contributed by atoms with Crippen molar-refractivity contribution in [1.82, 2.24) is 4.90 Å². The summed E-state index contributed by atoms with van der Waals surface area (Å²) in [5, 5.41) is 0. The predicted molar refractivity (Wildman–Crippen MR) is 69.3 cm³/mol. The molecule has 0 amide bonds. The Morgan fingerprint density at radius 3 is 2.61 bits per heavy atom. The van der Waals surface area contributed by atoms with Gasteiger partial charge in [-0.2, -0.15) is 0 Å². The van der Waals surface area contributed by atoms with Crippen molar-refractivity contribution in [2.45, 2.75) is 45.7 Å². The van der Waals surface area contributed by atoms with E-state index in [9.17, 15) is 8.78 Å². The second kappa shape index (κ2) is 5.35. The SMILES string of the molecule is CC1CCN(C(C)C)C(c2ccc(F)cc2F)C1. The van der Waals surface area contributed by atoms with Crippen LogP contribution in [0.5, 0.6) is 0 Å². The molecule has 0 aromatic heterocycles. The molecule has 1 nitrogen and oxygen atoms in total. The van der Waals surface area contributed by atoms with Gasteiger partial charge in [0.15, 0.2) is 0 Å². The van der Waals surface area contributed by atoms with Crippen molar-refractivity contribution < 1.29 is 8.78 Å². The molecule has 0 radical (unpaired) electrons. The van der Waals surface area contributed by atoms with Gasteiger partial charge >= 0.3 is 0 Å². The van der Waals surface area contributed by atoms with E-state index in [4.69, 9.17) is 0 Å². The smallest absolute Gasteiger partial charge is 0.130 e. The maximum atomic E-state index is 13.9. The van der Waals surface area contributed by atoms with Crippen LogP contribution >= 0.6 is 0 Å². The van der Waals surface area contributed by atoms with Crippen LogP contribution in [0, 0.1) is 17.6 Å². The number of nitrogens with zero attached hydrogens (tertiary/aromatic N) is 1. The Morgan fingerprint density at radius 1 is 1.28 bits per heavy atom. The van der Waals surface area contributed by atoms with Crippen LogP contribution in [-0.4, -0.2) is 17.5 Å². The van der Waals surface area contributed by atoms with Gasteiger partial charge < -0.3 is 0 Å². The van der Waals surface area contributed by atoms with Crippen molar-refractivity contribution >= 4 is 0 Å². The molecule has 2 atom stereocenters. The third-order valence-corrected chi connectivity index (χ3v) is 3.89. The van der Waals surface area contributed by atoms with E-state index in [2.05, 4.69) is 25.7 Å². The fraction of sp³-hybridized carbons (Fsp3) is 0.600. The molecule has 0 saturated carbocycles. The highest BCUT2D eigenvalue weighted by molar-refractivity contribution is 5.23. The molecule has 0 N–H and O–H groups in total. The molecular weight excluding hydrogens is 232 g/mol. The lowest BCUT2D eigenvalue weighted by Crippen LogP contribution is -2.41. The van der Waals surface area contributed by atoms with Crippen LogP contribution in [0.4, 0.5) is 8.78 Å². The summed E-state index contributed by atoms with van der Waals surface area (Å²) in [6.45, 7) is 7.45. The Labute approximate surface area is 108 Å². The van der Waals surface area contributed by atoms with Gasteiger partial charge in [-0.15, -0.1) is 0 Å². The summed E-state index contributed by atoms with van der Waals surface area (Å²) >= 11 is 0. The second-order valence-electron chi connectivity index (χ2n) is 5.64. The summed E-state index contributed by atoms with van der Waals surface area (Å²) in [6, 6.07) is 4.41. The summed E-state index contributed by atoms with van der Waals surface area (Å²) in [5.41, 5.74) is 0.636. The molecule has 1 aliphatic heterocycles. The molecule has 0 spiro atoms. The largest absolute Gasteiger partial charge is 0.294 e. The third-order valence-electron chi connectivity index (χ3n) is 3.89. The lowest BCUT2D eigenvalue weighted by molar-refractivity contribution is 0.0839. The third kappa shape index (κ3) is 2.72. The van der Waals surface area contributed by atoms with Gasteiger partial charge in [0.25, 0.3) is 0 Å². The topological polar surface area (TPSA) is 3.24 Å². The molecule has 0 bridgehead atoms. The lowest BCUT2D eigenvalue weighted by Gasteiger charge is -2.41. The number of halogens is 2. The molecule has 1 fully saturated rings. The summed E-state index contributed by atoms with van der Waals surface area (Å²) < 4.78 is 26.9. The molecule has 0 aliphatic carbocycles. The average molecular weight is 253 g/mol. The van der Waals surface area contributed by atoms with Crippen molar-refractivity contribution in [3.05, 3.63) is 35.4 Å². The van der Waals surface area contributed by atoms with Crippen LogP contribution < -0.4 is 0 Å². The van der Waals surface area contributed by atoms with Crippen molar-refractivity contribution in [3.63, 3.8) is 0 Å². The number of benzene rings is 1. The molecule has 1 aromatic rings. The summed E-state index contributed by atoms with van der Waals surface area (Å²) in [7, 11) is 0. The Hall–Kier alpha value is -0.960. The highest BCUT2D eigenvalue weighted by atomic mass is 19.1. The van der Waals surface area contributed by atoms with Gasteiger partial charge in [0.05, 0.1) is 0 Å². The van der Waals surface area contributed by atoms with E-state index in [1.165, 1.54) is 6.07 Å². The fourth-order valence-electron chi connectivity index (χ4n) is 2.86. The monoisotopic (exact) mass is 253 g/mol. The van der Waals surface area contributed by atoms with Crippen molar-refractivity contribution in [1.29, 1.82) is 0 Å². The van der Waals surface area contributed by atoms with E-state index in [0.29, 0.717) is 17.5 Å². The molecule has 18 heavy (non-hydrogen) atoms. The zero-order valence-electron chi connectivity index (χ0n) is 11.3. The van der Waals surface area contributed by atoms with Gasteiger partial charge in [-0.05, 0) is 45.2 Å². The van der Waals surface area contributed by atoms with Gasteiger partial charge in [-0.3, -0.25) is 4.90 Å². The summed E-state index contributed by atoms with van der Waals surface area (Å²) in [6.07, 6.45) is 2.10. The average Bonchev–Trinajstić information content (AvgIpc) is 2.28. The van der Waals surface area contributed by atoms with Gasteiger partial charge in [-0.1, -0.05) is 13.0 Å². The van der Waals surface area contributed by atoms with Crippen LogP contribution in [-0.2, 0) is 0 Å². The molecule has 2 rings (SSSR count). The zero-order chi connectivity index (χ0) is 13.3. The predicted octanol–water partition coefficient (Wildman–Crippen LogP) is 4.15. The van der Waals surface area contributed by atoms with E-state index in [-0.39, 0.29) is 6.04 Å². The minimum Gasteiger partial charge on any atom is -0.294 e. The fourth-order valence-corrected chi connectivity index (χ4v) is 2.86. The minimum absolute atomic E-state index is 0.0781. The molecule has 3 heteroatoms. The Kier molecular flexibility index (Phi) is 4.00. The van der Waals surface area contributed by atoms with Crippen LogP contribution in [0.1, 0.15) is 45.2 Å². The number of hydrogen-bond donors (Lipinski definition) is 0. The van der Waals surface area contributed by atoms with Crippen LogP contribution in [0.25, 0.3) is 0 Å². The van der Waals surface area contributed by atoms with Crippen molar-refractivity contribution in [2.75, 3.05) is 6.54 Å². The first-order valence-corrected chi connectivity index (χ1v) is 6.69. The summed E-state index contributed by atoms with van der Waals surface area (Å²) in [4.78, 5) is 2.32. The van der Waals surface area contributed by atoms with Crippen LogP contribution in [0.3, 0.4) is 0 Å². The maximum Gasteiger partial charge on any atom is 0.130 e. The first-order chi connectivity index (χ1) is 8.49. The number of rotatable bonds is 2. The molecule has 1 aliphatic rings. The standard InChI is InChI=1S/C15H21F2N/c1-10(2)18-7-6-11(3)8-15(18)13-5-4-12(16)9-14(13)17/h4-5,9-11,15H,6-8H2,1-3H3. The lowest BCUT2D eigenvalue weighted by atomic mass is 9.87. The second-order valence-corrected chi connectivity index (χ2v) is 5.64. The van der Waals surface area contributed by atoms with Gasteiger partial charge in [0.2, 0.25) is 0 Å². The number of likely N-dealkylation sites (tertiary alicyclic amines) is 1. The minimum atomic E-state index is -0.504. The highest BCUT2D eigenvalue weighted by Gasteiger charge is 2.30. The molecule has 1 heterocycles. The van der Waals surface area contributed by atoms with E-state index >= 15 is 0 Å². The number of piperidine rings is 1. The van der Waals surface area contributed by atoms with Crippen LogP contribution in [0.15, 0.2) is 18.2 Å². The molecule has 1 aromatic carbocycles. The first-order valence-electron chi connectivity index (χ1n) is 6.69. The van der Waals surface area contributed by atoms with E-state index in [1.807, 2.05) is 0 Å². The Morgan fingerprint density at radius 2 is 2.00 bits per heavy atom.